The number of rotatable bonds is 6. The van der Waals surface area contributed by atoms with E-state index >= 15 is 0 Å². The Hall–Kier alpha value is -3.35. The Balaban J connectivity index is 2.01. The predicted octanol–water partition coefficient (Wildman–Crippen LogP) is 1.78. The highest BCUT2D eigenvalue weighted by atomic mass is 16.5. The lowest BCUT2D eigenvalue weighted by Crippen LogP contribution is -2.35. The summed E-state index contributed by atoms with van der Waals surface area (Å²) in [5.74, 6) is -0.466. The van der Waals surface area contributed by atoms with Gasteiger partial charge in [-0.2, -0.15) is 5.10 Å². The number of nitrogens with zero attached hydrogens (tertiary/aromatic N) is 1. The molecule has 0 fully saturated rings. The van der Waals surface area contributed by atoms with Crippen LogP contribution in [0.1, 0.15) is 16.7 Å². The molecule has 2 N–H and O–H groups in total. The van der Waals surface area contributed by atoms with E-state index < -0.39 is 11.8 Å². The van der Waals surface area contributed by atoms with Gasteiger partial charge in [0.2, 0.25) is 0 Å². The first kappa shape index (κ1) is 19.0. The molecule has 0 heterocycles. The van der Waals surface area contributed by atoms with Gasteiger partial charge in [-0.3, -0.25) is 9.59 Å². The number of nitrogens with one attached hydrogen (secondary N) is 2. The van der Waals surface area contributed by atoms with Gasteiger partial charge in [-0.15, -0.1) is 0 Å². The highest BCUT2D eigenvalue weighted by Crippen LogP contribution is 2.28. The Morgan fingerprint density at radius 2 is 1.81 bits per heavy atom. The molecule has 7 nitrogen and oxygen atoms in total. The highest BCUT2D eigenvalue weighted by Gasteiger charge is 2.09. The van der Waals surface area contributed by atoms with E-state index in [1.54, 1.807) is 25.3 Å². The van der Waals surface area contributed by atoms with Crippen LogP contribution in [0, 0.1) is 6.92 Å². The fourth-order valence-electron chi connectivity index (χ4n) is 2.06. The summed E-state index contributed by atoms with van der Waals surface area (Å²) in [4.78, 5) is 22.4. The first-order valence-electron chi connectivity index (χ1n) is 7.95. The number of likely N-dealkylation sites (N-methyl/N-ethyl adjacent to an activating group) is 1. The molecular weight excluding hydrogens is 334 g/mol. The Morgan fingerprint density at radius 1 is 1.08 bits per heavy atom. The maximum absolute atomic E-state index is 11.3. The van der Waals surface area contributed by atoms with Gasteiger partial charge >= 0.3 is 11.8 Å². The lowest BCUT2D eigenvalue weighted by Gasteiger charge is -2.11. The third-order valence-corrected chi connectivity index (χ3v) is 3.52. The summed E-state index contributed by atoms with van der Waals surface area (Å²) in [5.41, 5.74) is 5.06. The molecule has 0 atom stereocenters. The number of ether oxygens (including phenoxy) is 2. The zero-order valence-corrected chi connectivity index (χ0v) is 14.9. The monoisotopic (exact) mass is 355 g/mol. The van der Waals surface area contributed by atoms with Gasteiger partial charge in [0.15, 0.2) is 11.5 Å². The molecule has 0 spiro atoms. The summed E-state index contributed by atoms with van der Waals surface area (Å²) < 4.78 is 11.1. The average molecular weight is 355 g/mol. The number of aryl methyl sites for hydroxylation is 1. The first-order chi connectivity index (χ1) is 12.5. The van der Waals surface area contributed by atoms with E-state index in [2.05, 4.69) is 15.8 Å². The molecule has 0 radical (unpaired) electrons. The van der Waals surface area contributed by atoms with Crippen LogP contribution in [0.25, 0.3) is 0 Å². The molecule has 136 valence electrons. The van der Waals surface area contributed by atoms with Crippen molar-refractivity contribution >= 4 is 18.0 Å². The summed E-state index contributed by atoms with van der Waals surface area (Å²) in [7, 11) is 2.91. The van der Waals surface area contributed by atoms with Crippen LogP contribution in [0.5, 0.6) is 11.5 Å². The van der Waals surface area contributed by atoms with Gasteiger partial charge < -0.3 is 14.8 Å². The quantitative estimate of drug-likeness (QED) is 0.470. The molecule has 2 aromatic carbocycles. The van der Waals surface area contributed by atoms with E-state index in [9.17, 15) is 9.59 Å². The van der Waals surface area contributed by atoms with Gasteiger partial charge in [0, 0.05) is 7.05 Å². The maximum Gasteiger partial charge on any atom is 0.329 e. The number of carbonyl (C=O) groups excluding carboxylic acids is 2. The third-order valence-electron chi connectivity index (χ3n) is 3.52. The number of hydrogen-bond acceptors (Lipinski definition) is 5. The standard InChI is InChI=1S/C19H21N3O4/c1-13-4-6-14(7-5-13)12-26-16-9-8-15(10-17(16)25-3)11-21-22-19(24)18(23)20-2/h4-11H,12H2,1-3H3,(H,20,23)(H,22,24)/b21-11-. The van der Waals surface area contributed by atoms with Crippen LogP contribution in [0.4, 0.5) is 0 Å². The molecule has 0 aliphatic carbocycles. The minimum absolute atomic E-state index is 0.423. The summed E-state index contributed by atoms with van der Waals surface area (Å²) in [6.45, 7) is 2.46. The lowest BCUT2D eigenvalue weighted by atomic mass is 10.2. The maximum atomic E-state index is 11.3. The van der Waals surface area contributed by atoms with E-state index in [0.29, 0.717) is 23.7 Å². The molecular formula is C19H21N3O4. The number of hydrogen-bond donors (Lipinski definition) is 2. The number of amides is 2. The van der Waals surface area contributed by atoms with Crippen molar-refractivity contribution in [1.29, 1.82) is 0 Å². The van der Waals surface area contributed by atoms with E-state index in [-0.39, 0.29) is 0 Å². The van der Waals surface area contributed by atoms with Crippen LogP contribution in [0.3, 0.4) is 0 Å². The molecule has 2 aromatic rings. The van der Waals surface area contributed by atoms with Gasteiger partial charge in [-0.25, -0.2) is 5.43 Å². The summed E-state index contributed by atoms with van der Waals surface area (Å²) in [6, 6.07) is 13.3. The van der Waals surface area contributed by atoms with Crippen molar-refractivity contribution in [2.24, 2.45) is 5.10 Å². The SMILES string of the molecule is CNC(=O)C(=O)N/N=C\c1ccc(OCc2ccc(C)cc2)c(OC)c1. The molecule has 0 bridgehead atoms. The van der Waals surface area contributed by atoms with Crippen LogP contribution in [-0.4, -0.2) is 32.2 Å². The van der Waals surface area contributed by atoms with Crippen molar-refractivity contribution < 1.29 is 19.1 Å². The zero-order valence-electron chi connectivity index (χ0n) is 14.9. The van der Waals surface area contributed by atoms with Gasteiger partial charge in [0.25, 0.3) is 0 Å². The van der Waals surface area contributed by atoms with E-state index in [4.69, 9.17) is 9.47 Å². The molecule has 2 amide bonds. The van der Waals surface area contributed by atoms with Crippen molar-refractivity contribution in [2.45, 2.75) is 13.5 Å². The van der Waals surface area contributed by atoms with Crippen molar-refractivity contribution in [2.75, 3.05) is 14.2 Å². The number of benzene rings is 2. The molecule has 0 saturated heterocycles. The van der Waals surface area contributed by atoms with Crippen molar-refractivity contribution in [3.63, 3.8) is 0 Å². The minimum atomic E-state index is -0.839. The van der Waals surface area contributed by atoms with Crippen LogP contribution >= 0.6 is 0 Å². The second-order valence-electron chi connectivity index (χ2n) is 5.46. The molecule has 2 rings (SSSR count). The van der Waals surface area contributed by atoms with Crippen LogP contribution in [-0.2, 0) is 16.2 Å². The predicted molar refractivity (Wildman–Crippen MR) is 98.3 cm³/mol. The van der Waals surface area contributed by atoms with E-state index in [0.717, 1.165) is 5.56 Å². The summed E-state index contributed by atoms with van der Waals surface area (Å²) in [5, 5.41) is 5.94. The highest BCUT2D eigenvalue weighted by molar-refractivity contribution is 6.34. The van der Waals surface area contributed by atoms with E-state index in [1.807, 2.05) is 31.2 Å². The Labute approximate surface area is 152 Å². The largest absolute Gasteiger partial charge is 0.493 e. The average Bonchev–Trinajstić information content (AvgIpc) is 2.67. The third kappa shape index (κ3) is 5.34. The summed E-state index contributed by atoms with van der Waals surface area (Å²) >= 11 is 0. The fraction of sp³-hybridized carbons (Fsp3) is 0.211. The first-order valence-corrected chi connectivity index (χ1v) is 7.95. The molecule has 7 heteroatoms. The minimum Gasteiger partial charge on any atom is -0.493 e. The molecule has 0 aliphatic rings. The van der Waals surface area contributed by atoms with Crippen molar-refractivity contribution in [3.05, 3.63) is 59.2 Å². The zero-order chi connectivity index (χ0) is 18.9. The Kier molecular flexibility index (Phi) is 6.73. The Morgan fingerprint density at radius 3 is 2.46 bits per heavy atom. The molecule has 26 heavy (non-hydrogen) atoms. The second kappa shape index (κ2) is 9.22. The van der Waals surface area contributed by atoms with Crippen LogP contribution < -0.4 is 20.2 Å². The van der Waals surface area contributed by atoms with Gasteiger partial charge in [0.05, 0.1) is 13.3 Å². The fourth-order valence-corrected chi connectivity index (χ4v) is 2.06. The summed E-state index contributed by atoms with van der Waals surface area (Å²) in [6.07, 6.45) is 1.41. The second-order valence-corrected chi connectivity index (χ2v) is 5.46. The number of carbonyl (C=O) groups is 2. The number of hydrazone groups is 1. The van der Waals surface area contributed by atoms with Gasteiger partial charge in [-0.1, -0.05) is 29.8 Å². The lowest BCUT2D eigenvalue weighted by molar-refractivity contribution is -0.138. The topological polar surface area (TPSA) is 89.0 Å². The van der Waals surface area contributed by atoms with Gasteiger partial charge in [0.1, 0.15) is 6.61 Å². The van der Waals surface area contributed by atoms with Crippen LogP contribution in [0.15, 0.2) is 47.6 Å². The molecule has 0 unspecified atom stereocenters. The Bertz CT molecular complexity index is 801. The molecule has 0 aliphatic heterocycles. The smallest absolute Gasteiger partial charge is 0.329 e. The molecule has 0 saturated carbocycles. The number of methoxy groups -OCH3 is 1. The van der Waals surface area contributed by atoms with Gasteiger partial charge in [-0.05, 0) is 36.2 Å². The van der Waals surface area contributed by atoms with E-state index in [1.165, 1.54) is 18.8 Å². The normalized spacial score (nSPS) is 10.4. The van der Waals surface area contributed by atoms with Crippen molar-refractivity contribution in [1.82, 2.24) is 10.7 Å². The molecule has 0 aromatic heterocycles. The van der Waals surface area contributed by atoms with Crippen molar-refractivity contribution in [3.8, 4) is 11.5 Å². The van der Waals surface area contributed by atoms with Crippen LogP contribution in [0.2, 0.25) is 0 Å².